The van der Waals surface area contributed by atoms with Crippen molar-refractivity contribution in [3.05, 3.63) is 53.3 Å². The Hall–Kier alpha value is -2.54. The molecule has 1 atom stereocenters. The van der Waals surface area contributed by atoms with Crippen LogP contribution >= 0.6 is 0 Å². The maximum atomic E-state index is 9.82. The highest BCUT2D eigenvalue weighted by Crippen LogP contribution is 2.50. The molecule has 2 aliphatic rings. The standard InChI is InChI=1S/C21H22N2O2/c1-24-19-5-4-17(16(14-22)12-15-6-10-23-11-7-15)18-13-21(25-20(18)19)8-2-3-9-21/h4-7,10-11,16H,2-3,8-9,12-13H2,1H3. The van der Waals surface area contributed by atoms with Crippen LogP contribution in [-0.2, 0) is 12.8 Å². The minimum absolute atomic E-state index is 0.0810. The minimum atomic E-state index is -0.192. The molecule has 25 heavy (non-hydrogen) atoms. The predicted octanol–water partition coefficient (Wildman–Crippen LogP) is 4.19. The summed E-state index contributed by atoms with van der Waals surface area (Å²) in [6.45, 7) is 0. The molecule has 4 heteroatoms. The molecular weight excluding hydrogens is 312 g/mol. The van der Waals surface area contributed by atoms with Crippen LogP contribution in [0.15, 0.2) is 36.7 Å². The van der Waals surface area contributed by atoms with Crippen LogP contribution in [0.25, 0.3) is 0 Å². The number of nitrogens with zero attached hydrogens (tertiary/aromatic N) is 2. The molecule has 0 radical (unpaired) electrons. The number of nitriles is 1. The van der Waals surface area contributed by atoms with E-state index in [0.717, 1.165) is 41.9 Å². The lowest BCUT2D eigenvalue weighted by atomic mass is 9.86. The zero-order chi connectivity index (χ0) is 17.3. The third kappa shape index (κ3) is 2.84. The molecule has 1 aromatic carbocycles. The first-order valence-corrected chi connectivity index (χ1v) is 8.92. The van der Waals surface area contributed by atoms with Gasteiger partial charge in [0, 0.05) is 24.4 Å². The zero-order valence-electron chi connectivity index (χ0n) is 14.5. The quantitative estimate of drug-likeness (QED) is 0.841. The summed E-state index contributed by atoms with van der Waals surface area (Å²) in [4.78, 5) is 4.06. The number of benzene rings is 1. The van der Waals surface area contributed by atoms with Crippen molar-refractivity contribution < 1.29 is 9.47 Å². The van der Waals surface area contributed by atoms with E-state index in [1.54, 1.807) is 19.5 Å². The second kappa shape index (κ2) is 6.40. The fourth-order valence-corrected chi connectivity index (χ4v) is 4.26. The molecule has 4 nitrogen and oxygen atoms in total. The maximum Gasteiger partial charge on any atom is 0.165 e. The van der Waals surface area contributed by atoms with Gasteiger partial charge in [-0.25, -0.2) is 0 Å². The number of hydrogen-bond donors (Lipinski definition) is 0. The molecule has 2 heterocycles. The number of methoxy groups -OCH3 is 1. The Morgan fingerprint density at radius 2 is 2.00 bits per heavy atom. The summed E-state index contributed by atoms with van der Waals surface area (Å²) >= 11 is 0. The van der Waals surface area contributed by atoms with Gasteiger partial charge in [0.2, 0.25) is 0 Å². The topological polar surface area (TPSA) is 55.1 Å². The van der Waals surface area contributed by atoms with Crippen molar-refractivity contribution in [1.82, 2.24) is 4.98 Å². The third-order valence-corrected chi connectivity index (χ3v) is 5.53. The molecular formula is C21H22N2O2. The van der Waals surface area contributed by atoms with Gasteiger partial charge in [-0.05, 0) is 61.4 Å². The Bertz CT molecular complexity index is 805. The highest BCUT2D eigenvalue weighted by molar-refractivity contribution is 5.56. The molecule has 0 bridgehead atoms. The van der Waals surface area contributed by atoms with Crippen molar-refractivity contribution in [2.24, 2.45) is 0 Å². The van der Waals surface area contributed by atoms with Gasteiger partial charge in [-0.1, -0.05) is 6.07 Å². The number of hydrogen-bond acceptors (Lipinski definition) is 4. The maximum absolute atomic E-state index is 9.82. The van der Waals surface area contributed by atoms with E-state index < -0.39 is 0 Å². The van der Waals surface area contributed by atoms with Crippen LogP contribution < -0.4 is 9.47 Å². The van der Waals surface area contributed by atoms with Gasteiger partial charge in [-0.15, -0.1) is 0 Å². The van der Waals surface area contributed by atoms with Crippen molar-refractivity contribution in [2.45, 2.75) is 50.0 Å². The summed E-state index contributed by atoms with van der Waals surface area (Å²) in [6.07, 6.45) is 9.73. The lowest BCUT2D eigenvalue weighted by Gasteiger charge is -2.22. The van der Waals surface area contributed by atoms with E-state index in [-0.39, 0.29) is 11.5 Å². The van der Waals surface area contributed by atoms with Crippen molar-refractivity contribution in [2.75, 3.05) is 7.11 Å². The summed E-state index contributed by atoms with van der Waals surface area (Å²) < 4.78 is 11.9. The van der Waals surface area contributed by atoms with Crippen molar-refractivity contribution in [1.29, 1.82) is 5.26 Å². The van der Waals surface area contributed by atoms with Gasteiger partial charge in [0.1, 0.15) is 5.60 Å². The second-order valence-electron chi connectivity index (χ2n) is 7.07. The smallest absolute Gasteiger partial charge is 0.165 e. The molecule has 1 saturated carbocycles. The number of fused-ring (bicyclic) bond motifs is 1. The fraction of sp³-hybridized carbons (Fsp3) is 0.429. The zero-order valence-corrected chi connectivity index (χ0v) is 14.5. The molecule has 0 amide bonds. The lowest BCUT2D eigenvalue weighted by molar-refractivity contribution is 0.0996. The van der Waals surface area contributed by atoms with Gasteiger partial charge < -0.3 is 9.47 Å². The summed E-state index contributed by atoms with van der Waals surface area (Å²) in [5.74, 6) is 1.45. The molecule has 4 rings (SSSR count). The minimum Gasteiger partial charge on any atom is -0.493 e. The van der Waals surface area contributed by atoms with Crippen LogP contribution in [-0.4, -0.2) is 17.7 Å². The monoisotopic (exact) mass is 334 g/mol. The first-order chi connectivity index (χ1) is 12.2. The van der Waals surface area contributed by atoms with Gasteiger partial charge in [0.25, 0.3) is 0 Å². The fourth-order valence-electron chi connectivity index (χ4n) is 4.26. The second-order valence-corrected chi connectivity index (χ2v) is 7.07. The van der Waals surface area contributed by atoms with E-state index in [1.807, 2.05) is 24.3 Å². The lowest BCUT2D eigenvalue weighted by Crippen LogP contribution is -2.30. The highest BCUT2D eigenvalue weighted by atomic mass is 16.5. The van der Waals surface area contributed by atoms with Crippen molar-refractivity contribution >= 4 is 0 Å². The van der Waals surface area contributed by atoms with E-state index in [1.165, 1.54) is 18.4 Å². The molecule has 128 valence electrons. The van der Waals surface area contributed by atoms with Crippen LogP contribution in [0.1, 0.15) is 48.3 Å². The average molecular weight is 334 g/mol. The molecule has 1 spiro atoms. The number of rotatable bonds is 4. The Kier molecular flexibility index (Phi) is 4.09. The molecule has 0 N–H and O–H groups in total. The van der Waals surface area contributed by atoms with Crippen molar-refractivity contribution in [3.63, 3.8) is 0 Å². The van der Waals surface area contributed by atoms with Crippen LogP contribution in [0, 0.1) is 11.3 Å². The van der Waals surface area contributed by atoms with E-state index in [2.05, 4.69) is 11.1 Å². The largest absolute Gasteiger partial charge is 0.493 e. The Labute approximate surface area is 148 Å². The molecule has 1 unspecified atom stereocenters. The first kappa shape index (κ1) is 16.0. The van der Waals surface area contributed by atoms with Crippen LogP contribution in [0.3, 0.4) is 0 Å². The number of ether oxygens (including phenoxy) is 2. The van der Waals surface area contributed by atoms with Gasteiger partial charge in [0.05, 0.1) is 19.1 Å². The number of aromatic nitrogens is 1. The third-order valence-electron chi connectivity index (χ3n) is 5.53. The van der Waals surface area contributed by atoms with E-state index in [4.69, 9.17) is 9.47 Å². The van der Waals surface area contributed by atoms with Gasteiger partial charge >= 0.3 is 0 Å². The summed E-state index contributed by atoms with van der Waals surface area (Å²) in [5, 5.41) is 9.82. The first-order valence-electron chi connectivity index (χ1n) is 8.92. The average Bonchev–Trinajstić information content (AvgIpc) is 3.26. The molecule has 2 aromatic rings. The predicted molar refractivity (Wildman–Crippen MR) is 94.8 cm³/mol. The van der Waals surface area contributed by atoms with Crippen LogP contribution in [0.2, 0.25) is 0 Å². The summed E-state index contributed by atoms with van der Waals surface area (Å²) in [6, 6.07) is 10.4. The van der Waals surface area contributed by atoms with Crippen LogP contribution in [0.5, 0.6) is 11.5 Å². The molecule has 1 aromatic heterocycles. The van der Waals surface area contributed by atoms with E-state index in [0.29, 0.717) is 6.42 Å². The Morgan fingerprint density at radius 1 is 1.24 bits per heavy atom. The normalized spacial score (nSPS) is 18.4. The molecule has 0 saturated heterocycles. The van der Waals surface area contributed by atoms with Crippen LogP contribution in [0.4, 0.5) is 0 Å². The van der Waals surface area contributed by atoms with Gasteiger partial charge in [0.15, 0.2) is 11.5 Å². The van der Waals surface area contributed by atoms with Gasteiger partial charge in [-0.3, -0.25) is 4.98 Å². The number of pyridine rings is 1. The Balaban J connectivity index is 1.71. The van der Waals surface area contributed by atoms with Crippen molar-refractivity contribution in [3.8, 4) is 17.6 Å². The molecule has 1 fully saturated rings. The molecule has 1 aliphatic carbocycles. The van der Waals surface area contributed by atoms with E-state index in [9.17, 15) is 5.26 Å². The SMILES string of the molecule is COc1ccc(C(C#N)Cc2ccncc2)c2c1OC1(CCCC1)C2. The Morgan fingerprint density at radius 3 is 2.68 bits per heavy atom. The van der Waals surface area contributed by atoms with Gasteiger partial charge in [-0.2, -0.15) is 5.26 Å². The highest BCUT2D eigenvalue weighted by Gasteiger charge is 2.44. The molecule has 1 aliphatic heterocycles. The van der Waals surface area contributed by atoms with E-state index >= 15 is 0 Å². The summed E-state index contributed by atoms with van der Waals surface area (Å²) in [7, 11) is 1.68. The summed E-state index contributed by atoms with van der Waals surface area (Å²) in [5.41, 5.74) is 3.30.